The Kier molecular flexibility index (Phi) is 5.27. The lowest BCUT2D eigenvalue weighted by Gasteiger charge is -2.09. The molecular formula is C15H20N4OS. The molecule has 5 nitrogen and oxygen atoms in total. The van der Waals surface area contributed by atoms with Crippen LogP contribution < -0.4 is 10.6 Å². The fraction of sp³-hybridized carbons (Fsp3) is 0.400. The summed E-state index contributed by atoms with van der Waals surface area (Å²) in [5, 5.41) is 6.67. The molecule has 2 aromatic heterocycles. The highest BCUT2D eigenvalue weighted by Gasteiger charge is 2.14. The number of nitrogens with one attached hydrogen (secondary N) is 2. The summed E-state index contributed by atoms with van der Waals surface area (Å²) in [4.78, 5) is 22.2. The lowest BCUT2D eigenvalue weighted by atomic mass is 10.2. The normalized spacial score (nSPS) is 10.4. The topological polar surface area (TPSA) is 66.9 Å². The van der Waals surface area contributed by atoms with Crippen LogP contribution in [-0.2, 0) is 6.42 Å². The third-order valence-corrected chi connectivity index (χ3v) is 3.97. The third kappa shape index (κ3) is 3.78. The van der Waals surface area contributed by atoms with Gasteiger partial charge in [0.15, 0.2) is 5.13 Å². The van der Waals surface area contributed by atoms with E-state index in [-0.39, 0.29) is 5.91 Å². The van der Waals surface area contributed by atoms with E-state index in [9.17, 15) is 4.79 Å². The third-order valence-electron chi connectivity index (χ3n) is 3.04. The van der Waals surface area contributed by atoms with Crippen LogP contribution in [0.2, 0.25) is 0 Å². The Morgan fingerprint density at radius 2 is 2.19 bits per heavy atom. The van der Waals surface area contributed by atoms with Crippen molar-refractivity contribution in [1.82, 2.24) is 9.97 Å². The number of aryl methyl sites for hydroxylation is 2. The van der Waals surface area contributed by atoms with Crippen molar-refractivity contribution in [3.05, 3.63) is 34.5 Å². The predicted molar refractivity (Wildman–Crippen MR) is 87.2 cm³/mol. The number of anilines is 2. The molecule has 0 fully saturated rings. The zero-order valence-electron chi connectivity index (χ0n) is 12.6. The van der Waals surface area contributed by atoms with E-state index in [1.165, 1.54) is 11.3 Å². The van der Waals surface area contributed by atoms with Gasteiger partial charge in [0.1, 0.15) is 5.82 Å². The molecule has 2 rings (SSSR count). The van der Waals surface area contributed by atoms with Crippen LogP contribution in [0.3, 0.4) is 0 Å². The number of aromatic nitrogens is 2. The Hall–Kier alpha value is -1.95. The smallest absolute Gasteiger partial charge is 0.261 e. The van der Waals surface area contributed by atoms with Gasteiger partial charge < -0.3 is 5.32 Å². The van der Waals surface area contributed by atoms with Crippen LogP contribution in [0.5, 0.6) is 0 Å². The second-order valence-electron chi connectivity index (χ2n) is 4.66. The van der Waals surface area contributed by atoms with Crippen molar-refractivity contribution >= 4 is 28.2 Å². The van der Waals surface area contributed by atoms with E-state index in [0.29, 0.717) is 16.5 Å². The van der Waals surface area contributed by atoms with Gasteiger partial charge in [-0.15, -0.1) is 11.3 Å². The molecule has 0 saturated carbocycles. The SMILES string of the molecule is CCCNc1ncccc1C(=O)Nc1nc(CC)c(C)s1. The Morgan fingerprint density at radius 1 is 1.38 bits per heavy atom. The van der Waals surface area contributed by atoms with E-state index in [4.69, 9.17) is 0 Å². The molecule has 0 aliphatic rings. The molecule has 0 unspecified atom stereocenters. The summed E-state index contributed by atoms with van der Waals surface area (Å²) in [7, 11) is 0. The molecule has 0 atom stereocenters. The van der Waals surface area contributed by atoms with Gasteiger partial charge in [0.25, 0.3) is 5.91 Å². The van der Waals surface area contributed by atoms with Crippen LogP contribution in [0, 0.1) is 6.92 Å². The lowest BCUT2D eigenvalue weighted by Crippen LogP contribution is -2.16. The minimum Gasteiger partial charge on any atom is -0.369 e. The summed E-state index contributed by atoms with van der Waals surface area (Å²) in [5.41, 5.74) is 1.57. The number of rotatable bonds is 6. The Bertz CT molecular complexity index is 624. The van der Waals surface area contributed by atoms with Crippen LogP contribution in [0.25, 0.3) is 0 Å². The van der Waals surface area contributed by atoms with Crippen molar-refractivity contribution in [2.45, 2.75) is 33.6 Å². The van der Waals surface area contributed by atoms with E-state index in [1.54, 1.807) is 18.3 Å². The molecule has 0 aromatic carbocycles. The van der Waals surface area contributed by atoms with Gasteiger partial charge in [-0.3, -0.25) is 10.1 Å². The van der Waals surface area contributed by atoms with E-state index in [0.717, 1.165) is 30.0 Å². The van der Waals surface area contributed by atoms with Gasteiger partial charge in [0.2, 0.25) is 0 Å². The van der Waals surface area contributed by atoms with Crippen LogP contribution in [0.4, 0.5) is 10.9 Å². The number of amides is 1. The van der Waals surface area contributed by atoms with Crippen molar-refractivity contribution in [3.8, 4) is 0 Å². The second-order valence-corrected chi connectivity index (χ2v) is 5.86. The fourth-order valence-electron chi connectivity index (χ4n) is 1.95. The van der Waals surface area contributed by atoms with Gasteiger partial charge in [-0.05, 0) is 31.9 Å². The highest BCUT2D eigenvalue weighted by molar-refractivity contribution is 7.15. The number of carbonyl (C=O) groups excluding carboxylic acids is 1. The monoisotopic (exact) mass is 304 g/mol. The van der Waals surface area contributed by atoms with Crippen molar-refractivity contribution in [2.75, 3.05) is 17.2 Å². The first-order chi connectivity index (χ1) is 10.2. The molecule has 0 spiro atoms. The summed E-state index contributed by atoms with van der Waals surface area (Å²) in [6.45, 7) is 6.93. The van der Waals surface area contributed by atoms with Gasteiger partial charge in [0.05, 0.1) is 11.3 Å². The molecular weight excluding hydrogens is 284 g/mol. The maximum absolute atomic E-state index is 12.4. The van der Waals surface area contributed by atoms with Crippen LogP contribution in [-0.4, -0.2) is 22.4 Å². The molecule has 2 heterocycles. The van der Waals surface area contributed by atoms with Gasteiger partial charge in [-0.25, -0.2) is 9.97 Å². The van der Waals surface area contributed by atoms with Crippen LogP contribution in [0.1, 0.15) is 41.2 Å². The van der Waals surface area contributed by atoms with Gasteiger partial charge in [-0.1, -0.05) is 13.8 Å². The van der Waals surface area contributed by atoms with E-state index < -0.39 is 0 Å². The zero-order chi connectivity index (χ0) is 15.2. The molecule has 6 heteroatoms. The van der Waals surface area contributed by atoms with Crippen LogP contribution >= 0.6 is 11.3 Å². The largest absolute Gasteiger partial charge is 0.369 e. The van der Waals surface area contributed by atoms with Crippen molar-refractivity contribution in [2.24, 2.45) is 0 Å². The Balaban J connectivity index is 2.16. The summed E-state index contributed by atoms with van der Waals surface area (Å²) < 4.78 is 0. The molecule has 0 radical (unpaired) electrons. The van der Waals surface area contributed by atoms with Gasteiger partial charge in [-0.2, -0.15) is 0 Å². The Morgan fingerprint density at radius 3 is 2.86 bits per heavy atom. The number of carbonyl (C=O) groups is 1. The van der Waals surface area contributed by atoms with E-state index in [2.05, 4.69) is 34.4 Å². The number of thiazole rings is 1. The molecule has 0 saturated heterocycles. The fourth-order valence-corrected chi connectivity index (χ4v) is 2.84. The Labute approximate surface area is 128 Å². The maximum atomic E-state index is 12.4. The van der Waals surface area contributed by atoms with Crippen molar-refractivity contribution in [1.29, 1.82) is 0 Å². The molecule has 2 N–H and O–H groups in total. The number of nitrogens with zero attached hydrogens (tertiary/aromatic N) is 2. The molecule has 0 bridgehead atoms. The number of hydrogen-bond acceptors (Lipinski definition) is 5. The van der Waals surface area contributed by atoms with E-state index >= 15 is 0 Å². The molecule has 112 valence electrons. The first kappa shape index (κ1) is 15.4. The first-order valence-electron chi connectivity index (χ1n) is 7.12. The lowest BCUT2D eigenvalue weighted by molar-refractivity contribution is 0.102. The summed E-state index contributed by atoms with van der Waals surface area (Å²) >= 11 is 1.50. The first-order valence-corrected chi connectivity index (χ1v) is 7.93. The zero-order valence-corrected chi connectivity index (χ0v) is 13.4. The summed E-state index contributed by atoms with van der Waals surface area (Å²) in [5.74, 6) is 0.430. The minimum absolute atomic E-state index is 0.182. The average molecular weight is 304 g/mol. The van der Waals surface area contributed by atoms with Crippen molar-refractivity contribution < 1.29 is 4.79 Å². The minimum atomic E-state index is -0.182. The molecule has 21 heavy (non-hydrogen) atoms. The molecule has 2 aromatic rings. The number of pyridine rings is 1. The maximum Gasteiger partial charge on any atom is 0.261 e. The quantitative estimate of drug-likeness (QED) is 0.857. The van der Waals surface area contributed by atoms with Gasteiger partial charge in [0, 0.05) is 17.6 Å². The van der Waals surface area contributed by atoms with Crippen molar-refractivity contribution in [3.63, 3.8) is 0 Å². The average Bonchev–Trinajstić information content (AvgIpc) is 2.85. The predicted octanol–water partition coefficient (Wildman–Crippen LogP) is 3.48. The summed E-state index contributed by atoms with van der Waals surface area (Å²) in [6, 6.07) is 3.53. The molecule has 0 aliphatic heterocycles. The van der Waals surface area contributed by atoms with Gasteiger partial charge >= 0.3 is 0 Å². The summed E-state index contributed by atoms with van der Waals surface area (Å²) in [6.07, 6.45) is 3.52. The van der Waals surface area contributed by atoms with E-state index in [1.807, 2.05) is 6.92 Å². The highest BCUT2D eigenvalue weighted by atomic mass is 32.1. The van der Waals surface area contributed by atoms with Crippen LogP contribution in [0.15, 0.2) is 18.3 Å². The highest BCUT2D eigenvalue weighted by Crippen LogP contribution is 2.23. The molecule has 0 aliphatic carbocycles. The number of hydrogen-bond donors (Lipinski definition) is 2. The second kappa shape index (κ2) is 7.17. The standard InChI is InChI=1S/C15H20N4OS/c1-4-8-16-13-11(7-6-9-17-13)14(20)19-15-18-12(5-2)10(3)21-15/h6-7,9H,4-5,8H2,1-3H3,(H,16,17)(H,18,19,20). The molecule has 1 amide bonds.